The molecule has 1 N–H and O–H groups in total. The van der Waals surface area contributed by atoms with Crippen molar-refractivity contribution in [3.63, 3.8) is 0 Å². The third-order valence-electron chi connectivity index (χ3n) is 3.65. The fourth-order valence-corrected chi connectivity index (χ4v) is 2.39. The summed E-state index contributed by atoms with van der Waals surface area (Å²) in [6.45, 7) is 3.03. The molecule has 0 spiro atoms. The molecular formula is C20H18N2O4. The summed E-state index contributed by atoms with van der Waals surface area (Å²) < 4.78 is 11.3. The van der Waals surface area contributed by atoms with Gasteiger partial charge in [-0.25, -0.2) is 4.98 Å². The first-order valence-electron chi connectivity index (χ1n) is 8.08. The molecule has 1 amide bonds. The van der Waals surface area contributed by atoms with E-state index >= 15 is 0 Å². The van der Waals surface area contributed by atoms with Crippen molar-refractivity contribution in [2.45, 2.75) is 20.5 Å². The number of hydrogen-bond donors (Lipinski definition) is 1. The average Bonchev–Trinajstić information content (AvgIpc) is 3.10. The lowest BCUT2D eigenvalue weighted by Crippen LogP contribution is -2.09. The van der Waals surface area contributed by atoms with Gasteiger partial charge in [0.2, 0.25) is 11.8 Å². The Hall–Kier alpha value is -3.41. The molecule has 0 atom stereocenters. The van der Waals surface area contributed by atoms with Gasteiger partial charge >= 0.3 is 0 Å². The van der Waals surface area contributed by atoms with Gasteiger partial charge in [0, 0.05) is 18.1 Å². The van der Waals surface area contributed by atoms with Crippen LogP contribution in [0.15, 0.2) is 59.2 Å². The Bertz CT molecular complexity index is 932. The van der Waals surface area contributed by atoms with Crippen molar-refractivity contribution in [1.82, 2.24) is 4.98 Å². The lowest BCUT2D eigenvalue weighted by atomic mass is 10.1. The Labute approximate surface area is 150 Å². The second kappa shape index (κ2) is 7.65. The lowest BCUT2D eigenvalue weighted by Gasteiger charge is -2.12. The van der Waals surface area contributed by atoms with Gasteiger partial charge in [0.05, 0.1) is 5.69 Å². The zero-order valence-electron chi connectivity index (χ0n) is 14.5. The van der Waals surface area contributed by atoms with E-state index in [0.29, 0.717) is 28.6 Å². The molecule has 3 rings (SSSR count). The average molecular weight is 350 g/mol. The van der Waals surface area contributed by atoms with Crippen molar-refractivity contribution in [2.75, 3.05) is 5.32 Å². The van der Waals surface area contributed by atoms with Gasteiger partial charge in [-0.05, 0) is 37.3 Å². The van der Waals surface area contributed by atoms with Crippen LogP contribution in [0.3, 0.4) is 0 Å². The topological polar surface area (TPSA) is 81.4 Å². The van der Waals surface area contributed by atoms with E-state index in [4.69, 9.17) is 9.15 Å². The number of carbonyl (C=O) groups is 2. The molecule has 0 fully saturated rings. The van der Waals surface area contributed by atoms with E-state index in [0.717, 1.165) is 5.56 Å². The Morgan fingerprint density at radius 1 is 1.12 bits per heavy atom. The van der Waals surface area contributed by atoms with Crippen LogP contribution in [0.1, 0.15) is 29.9 Å². The minimum Gasteiger partial charge on any atom is -0.485 e. The van der Waals surface area contributed by atoms with E-state index in [-0.39, 0.29) is 18.3 Å². The molecule has 0 saturated heterocycles. The van der Waals surface area contributed by atoms with E-state index in [1.807, 2.05) is 30.3 Å². The zero-order chi connectivity index (χ0) is 18.5. The number of nitrogens with one attached hydrogen (secondary N) is 1. The number of carbonyl (C=O) groups excluding carboxylic acids is 2. The zero-order valence-corrected chi connectivity index (χ0v) is 14.5. The molecule has 0 aliphatic heterocycles. The van der Waals surface area contributed by atoms with Crippen LogP contribution in [0, 0.1) is 0 Å². The van der Waals surface area contributed by atoms with E-state index in [2.05, 4.69) is 10.3 Å². The lowest BCUT2D eigenvalue weighted by molar-refractivity contribution is -0.114. The van der Waals surface area contributed by atoms with E-state index in [9.17, 15) is 9.59 Å². The van der Waals surface area contributed by atoms with Gasteiger partial charge in [0.25, 0.3) is 0 Å². The number of rotatable bonds is 6. The number of anilines is 1. The second-order valence-electron chi connectivity index (χ2n) is 5.75. The molecule has 0 unspecified atom stereocenters. The molecule has 6 nitrogen and oxygen atoms in total. The maximum Gasteiger partial charge on any atom is 0.226 e. The maximum absolute atomic E-state index is 11.6. The van der Waals surface area contributed by atoms with Crippen LogP contribution in [0.2, 0.25) is 0 Å². The predicted octanol–water partition coefficient (Wildman–Crippen LogP) is 4.08. The molecule has 26 heavy (non-hydrogen) atoms. The molecule has 132 valence electrons. The number of benzene rings is 2. The first-order chi connectivity index (χ1) is 12.5. The van der Waals surface area contributed by atoms with Crippen molar-refractivity contribution in [2.24, 2.45) is 0 Å². The number of Topliss-reactive ketones (excluding diaryl/α,β-unsaturated/α-hetero) is 1. The van der Waals surface area contributed by atoms with Crippen LogP contribution in [-0.4, -0.2) is 16.7 Å². The molecule has 3 aromatic rings. The van der Waals surface area contributed by atoms with Gasteiger partial charge in [-0.2, -0.15) is 0 Å². The highest BCUT2D eigenvalue weighted by atomic mass is 16.5. The Kier molecular flexibility index (Phi) is 5.12. The Morgan fingerprint density at radius 3 is 2.58 bits per heavy atom. The highest BCUT2D eigenvalue weighted by molar-refractivity contribution is 5.96. The fourth-order valence-electron chi connectivity index (χ4n) is 2.39. The van der Waals surface area contributed by atoms with Crippen LogP contribution in [0.4, 0.5) is 5.69 Å². The number of nitrogens with zero attached hydrogens (tertiary/aromatic N) is 1. The van der Waals surface area contributed by atoms with Crippen LogP contribution in [0.5, 0.6) is 5.75 Å². The highest BCUT2D eigenvalue weighted by Gasteiger charge is 2.12. The molecule has 6 heteroatoms. The Morgan fingerprint density at radius 2 is 1.88 bits per heavy atom. The van der Waals surface area contributed by atoms with Crippen molar-refractivity contribution in [3.05, 3.63) is 66.1 Å². The summed E-state index contributed by atoms with van der Waals surface area (Å²) >= 11 is 0. The van der Waals surface area contributed by atoms with Crippen LogP contribution in [0.25, 0.3) is 11.5 Å². The summed E-state index contributed by atoms with van der Waals surface area (Å²) in [6, 6.07) is 14.4. The normalized spacial score (nSPS) is 10.4. The van der Waals surface area contributed by atoms with Crippen molar-refractivity contribution >= 4 is 17.4 Å². The first kappa shape index (κ1) is 17.4. The molecule has 0 saturated carbocycles. The van der Waals surface area contributed by atoms with Crippen LogP contribution in [-0.2, 0) is 11.4 Å². The van der Waals surface area contributed by atoms with Gasteiger partial charge in [-0.15, -0.1) is 0 Å². The standard InChI is InChI=1S/C20H18N2O4/c1-13(23)16-8-9-18(21-14(2)24)19(10-16)25-11-17-12-26-20(22-17)15-6-4-3-5-7-15/h3-10,12H,11H2,1-2H3,(H,21,24). The number of amides is 1. The van der Waals surface area contributed by atoms with Crippen LogP contribution < -0.4 is 10.1 Å². The Balaban J connectivity index is 1.78. The van der Waals surface area contributed by atoms with Gasteiger partial charge in [-0.3, -0.25) is 9.59 Å². The number of oxazole rings is 1. The molecule has 0 bridgehead atoms. The maximum atomic E-state index is 11.6. The summed E-state index contributed by atoms with van der Waals surface area (Å²) in [4.78, 5) is 27.4. The summed E-state index contributed by atoms with van der Waals surface area (Å²) in [6.07, 6.45) is 1.52. The third kappa shape index (κ3) is 4.16. The quantitative estimate of drug-likeness (QED) is 0.677. The second-order valence-corrected chi connectivity index (χ2v) is 5.75. The van der Waals surface area contributed by atoms with Crippen molar-refractivity contribution < 1.29 is 18.7 Å². The van der Waals surface area contributed by atoms with Crippen LogP contribution >= 0.6 is 0 Å². The summed E-state index contributed by atoms with van der Waals surface area (Å²) in [5.74, 6) is 0.594. The van der Waals surface area contributed by atoms with Crippen molar-refractivity contribution in [3.8, 4) is 17.2 Å². The van der Waals surface area contributed by atoms with Gasteiger partial charge in [-0.1, -0.05) is 18.2 Å². The largest absolute Gasteiger partial charge is 0.485 e. The van der Waals surface area contributed by atoms with Crippen molar-refractivity contribution in [1.29, 1.82) is 0 Å². The molecular weight excluding hydrogens is 332 g/mol. The van der Waals surface area contributed by atoms with E-state index in [1.165, 1.54) is 20.1 Å². The molecule has 0 radical (unpaired) electrons. The SMILES string of the molecule is CC(=O)Nc1ccc(C(C)=O)cc1OCc1coc(-c2ccccc2)n1. The first-order valence-corrected chi connectivity index (χ1v) is 8.08. The van der Waals surface area contributed by atoms with E-state index in [1.54, 1.807) is 18.2 Å². The van der Waals surface area contributed by atoms with Gasteiger partial charge in [0.15, 0.2) is 5.78 Å². The number of aromatic nitrogens is 1. The number of ether oxygens (including phenoxy) is 1. The molecule has 0 aliphatic rings. The minimum absolute atomic E-state index is 0.0861. The summed E-state index contributed by atoms with van der Waals surface area (Å²) in [7, 11) is 0. The third-order valence-corrected chi connectivity index (χ3v) is 3.65. The smallest absolute Gasteiger partial charge is 0.226 e. The monoisotopic (exact) mass is 350 g/mol. The molecule has 1 heterocycles. The minimum atomic E-state index is -0.224. The van der Waals surface area contributed by atoms with Gasteiger partial charge < -0.3 is 14.5 Å². The van der Waals surface area contributed by atoms with Gasteiger partial charge in [0.1, 0.15) is 24.3 Å². The predicted molar refractivity (Wildman–Crippen MR) is 97.0 cm³/mol. The summed E-state index contributed by atoms with van der Waals surface area (Å²) in [5.41, 5.74) is 2.47. The highest BCUT2D eigenvalue weighted by Crippen LogP contribution is 2.27. The molecule has 0 aliphatic carbocycles. The molecule has 1 aromatic heterocycles. The number of ketones is 1. The van der Waals surface area contributed by atoms with E-state index < -0.39 is 0 Å². The number of hydrogen-bond acceptors (Lipinski definition) is 5. The summed E-state index contributed by atoms with van der Waals surface area (Å²) in [5, 5.41) is 2.69. The fraction of sp³-hybridized carbons (Fsp3) is 0.150. The molecule has 2 aromatic carbocycles.